The van der Waals surface area contributed by atoms with Crippen LogP contribution in [0.5, 0.6) is 0 Å². The van der Waals surface area contributed by atoms with E-state index < -0.39 is 27.1 Å². The van der Waals surface area contributed by atoms with Gasteiger partial charge in [0, 0.05) is 17.7 Å². The van der Waals surface area contributed by atoms with Crippen molar-refractivity contribution in [2.45, 2.75) is 57.9 Å². The highest BCUT2D eigenvalue weighted by Gasteiger charge is 2.25. The monoisotopic (exact) mass is 335 g/mol. The number of carbonyl (C=O) groups excluding carboxylic acids is 1. The molecule has 1 saturated carbocycles. The quantitative estimate of drug-likeness (QED) is 0.666. The number of amides is 1. The second-order valence-electron chi connectivity index (χ2n) is 6.17. The lowest BCUT2D eigenvalue weighted by atomic mass is 9.96. The van der Waals surface area contributed by atoms with Crippen molar-refractivity contribution in [1.82, 2.24) is 5.32 Å². The van der Waals surface area contributed by atoms with Crippen molar-refractivity contribution >= 4 is 17.3 Å². The van der Waals surface area contributed by atoms with E-state index in [4.69, 9.17) is 0 Å². The van der Waals surface area contributed by atoms with Gasteiger partial charge in [-0.25, -0.2) is 0 Å². The van der Waals surface area contributed by atoms with E-state index in [-0.39, 0.29) is 17.2 Å². The maximum atomic E-state index is 12.5. The number of rotatable bonds is 4. The van der Waals surface area contributed by atoms with E-state index in [9.17, 15) is 25.0 Å². The highest BCUT2D eigenvalue weighted by atomic mass is 16.6. The first kappa shape index (κ1) is 17.8. The largest absolute Gasteiger partial charge is 0.349 e. The average Bonchev–Trinajstić information content (AvgIpc) is 2.49. The minimum atomic E-state index is -0.723. The third-order valence-electron chi connectivity index (χ3n) is 4.46. The van der Waals surface area contributed by atoms with Crippen LogP contribution in [0.2, 0.25) is 0 Å². The van der Waals surface area contributed by atoms with Crippen LogP contribution in [0.4, 0.5) is 11.4 Å². The molecule has 1 aromatic rings. The zero-order chi connectivity index (χ0) is 17.7. The number of nitro groups is 2. The van der Waals surface area contributed by atoms with Gasteiger partial charge in [0.2, 0.25) is 0 Å². The third-order valence-corrected chi connectivity index (χ3v) is 4.46. The van der Waals surface area contributed by atoms with Crippen LogP contribution < -0.4 is 5.32 Å². The van der Waals surface area contributed by atoms with Crippen molar-refractivity contribution in [2.75, 3.05) is 0 Å². The molecule has 1 aliphatic rings. The van der Waals surface area contributed by atoms with Crippen LogP contribution in [0.25, 0.3) is 0 Å². The molecule has 0 aliphatic heterocycles. The van der Waals surface area contributed by atoms with Gasteiger partial charge in [0.25, 0.3) is 17.3 Å². The smallest absolute Gasteiger partial charge is 0.279 e. The number of hydrogen-bond acceptors (Lipinski definition) is 5. The Labute approximate surface area is 139 Å². The second-order valence-corrected chi connectivity index (χ2v) is 6.17. The van der Waals surface area contributed by atoms with Gasteiger partial charge in [-0.3, -0.25) is 25.0 Å². The Morgan fingerprint density at radius 2 is 1.62 bits per heavy atom. The summed E-state index contributed by atoms with van der Waals surface area (Å²) in [7, 11) is 0. The number of nitrogens with zero attached hydrogens (tertiary/aromatic N) is 2. The van der Waals surface area contributed by atoms with Crippen LogP contribution in [-0.2, 0) is 0 Å². The molecular weight excluding hydrogens is 314 g/mol. The van der Waals surface area contributed by atoms with Crippen molar-refractivity contribution in [3.63, 3.8) is 0 Å². The minimum absolute atomic E-state index is 0.00189. The van der Waals surface area contributed by atoms with Crippen LogP contribution in [0.15, 0.2) is 12.1 Å². The van der Waals surface area contributed by atoms with E-state index in [1.165, 1.54) is 13.3 Å². The molecule has 1 aliphatic carbocycles. The highest BCUT2D eigenvalue weighted by Crippen LogP contribution is 2.28. The third kappa shape index (κ3) is 4.27. The van der Waals surface area contributed by atoms with E-state index in [0.717, 1.165) is 50.7 Å². The number of hydrogen-bond donors (Lipinski definition) is 1. The maximum Gasteiger partial charge on any atom is 0.279 e. The molecule has 1 aromatic carbocycles. The van der Waals surface area contributed by atoms with Gasteiger partial charge in [-0.2, -0.15) is 0 Å². The Hall–Kier alpha value is -2.51. The van der Waals surface area contributed by atoms with E-state index >= 15 is 0 Å². The summed E-state index contributed by atoms with van der Waals surface area (Å²) in [6, 6.07) is 2.01. The molecule has 8 heteroatoms. The molecule has 8 nitrogen and oxygen atoms in total. The molecule has 2 rings (SSSR count). The van der Waals surface area contributed by atoms with E-state index in [0.29, 0.717) is 0 Å². The van der Waals surface area contributed by atoms with Gasteiger partial charge in [-0.05, 0) is 19.8 Å². The molecule has 0 saturated heterocycles. The summed E-state index contributed by atoms with van der Waals surface area (Å²) in [6.07, 6.45) is 7.25. The zero-order valence-corrected chi connectivity index (χ0v) is 13.6. The summed E-state index contributed by atoms with van der Waals surface area (Å²) in [5.74, 6) is -0.482. The van der Waals surface area contributed by atoms with Crippen molar-refractivity contribution in [3.8, 4) is 0 Å². The molecular formula is C16H21N3O5. The first-order valence-corrected chi connectivity index (χ1v) is 8.14. The molecule has 1 N–H and O–H groups in total. The average molecular weight is 335 g/mol. The highest BCUT2D eigenvalue weighted by molar-refractivity contribution is 5.97. The van der Waals surface area contributed by atoms with Crippen molar-refractivity contribution in [1.29, 1.82) is 0 Å². The Balaban J connectivity index is 2.26. The Morgan fingerprint density at radius 3 is 2.17 bits per heavy atom. The molecule has 0 unspecified atom stereocenters. The first-order chi connectivity index (χ1) is 11.4. The zero-order valence-electron chi connectivity index (χ0n) is 13.6. The summed E-state index contributed by atoms with van der Waals surface area (Å²) in [6.45, 7) is 1.44. The lowest BCUT2D eigenvalue weighted by Crippen LogP contribution is -2.35. The van der Waals surface area contributed by atoms with Crippen molar-refractivity contribution in [2.24, 2.45) is 0 Å². The van der Waals surface area contributed by atoms with E-state index in [1.54, 1.807) is 0 Å². The standard InChI is InChI=1S/C16H21N3O5/c1-11-14(9-13(18(21)22)10-15(11)19(23)24)16(20)17-12-7-5-3-2-4-6-8-12/h9-10,12H,2-8H2,1H3,(H,17,20). The Kier molecular flexibility index (Phi) is 5.83. The number of nitrogens with one attached hydrogen (secondary N) is 1. The van der Waals surface area contributed by atoms with Gasteiger partial charge in [-0.1, -0.05) is 32.1 Å². The van der Waals surface area contributed by atoms with Crippen LogP contribution in [0, 0.1) is 27.2 Å². The van der Waals surface area contributed by atoms with E-state index in [1.807, 2.05) is 0 Å². The van der Waals surface area contributed by atoms with Crippen LogP contribution in [-0.4, -0.2) is 21.8 Å². The summed E-state index contributed by atoms with van der Waals surface area (Å²) in [4.78, 5) is 33.2. The van der Waals surface area contributed by atoms with Gasteiger partial charge in [0.15, 0.2) is 0 Å². The Morgan fingerprint density at radius 1 is 1.04 bits per heavy atom. The topological polar surface area (TPSA) is 115 Å². The maximum absolute atomic E-state index is 12.5. The SMILES string of the molecule is Cc1c(C(=O)NC2CCCCCCC2)cc([N+](=O)[O-])cc1[N+](=O)[O-]. The minimum Gasteiger partial charge on any atom is -0.349 e. The van der Waals surface area contributed by atoms with Gasteiger partial charge in [0.1, 0.15) is 0 Å². The molecule has 24 heavy (non-hydrogen) atoms. The summed E-state index contributed by atoms with van der Waals surface area (Å²) < 4.78 is 0. The number of benzene rings is 1. The molecule has 130 valence electrons. The normalized spacial score (nSPS) is 16.0. The van der Waals surface area contributed by atoms with Gasteiger partial charge < -0.3 is 5.32 Å². The molecule has 0 bridgehead atoms. The molecule has 0 radical (unpaired) electrons. The fraction of sp³-hybridized carbons (Fsp3) is 0.562. The predicted molar refractivity (Wildman–Crippen MR) is 88.1 cm³/mol. The molecule has 1 fully saturated rings. The Bertz CT molecular complexity index is 651. The van der Waals surface area contributed by atoms with Crippen LogP contribution >= 0.6 is 0 Å². The first-order valence-electron chi connectivity index (χ1n) is 8.14. The van der Waals surface area contributed by atoms with Gasteiger partial charge in [-0.15, -0.1) is 0 Å². The summed E-state index contributed by atoms with van der Waals surface area (Å²) >= 11 is 0. The fourth-order valence-electron chi connectivity index (χ4n) is 3.08. The fourth-order valence-corrected chi connectivity index (χ4v) is 3.08. The lowest BCUT2D eigenvalue weighted by molar-refractivity contribution is -0.394. The van der Waals surface area contributed by atoms with Gasteiger partial charge in [0.05, 0.1) is 21.5 Å². The van der Waals surface area contributed by atoms with Crippen molar-refractivity contribution in [3.05, 3.63) is 43.5 Å². The number of non-ortho nitro benzene ring substituents is 1. The predicted octanol–water partition coefficient (Wildman–Crippen LogP) is 3.65. The second kappa shape index (κ2) is 7.85. The molecule has 1 amide bonds. The number of carbonyl (C=O) groups is 1. The van der Waals surface area contributed by atoms with E-state index in [2.05, 4.69) is 5.32 Å². The molecule has 0 heterocycles. The van der Waals surface area contributed by atoms with Crippen LogP contribution in [0.1, 0.15) is 60.9 Å². The summed E-state index contributed by atoms with van der Waals surface area (Å²) in [5.41, 5.74) is -0.714. The molecule has 0 spiro atoms. The van der Waals surface area contributed by atoms with Crippen LogP contribution in [0.3, 0.4) is 0 Å². The van der Waals surface area contributed by atoms with Gasteiger partial charge >= 0.3 is 0 Å². The van der Waals surface area contributed by atoms with Crippen molar-refractivity contribution < 1.29 is 14.6 Å². The number of nitro benzene ring substituents is 2. The summed E-state index contributed by atoms with van der Waals surface area (Å²) in [5, 5.41) is 25.0. The molecule has 0 atom stereocenters. The molecule has 0 aromatic heterocycles. The lowest BCUT2D eigenvalue weighted by Gasteiger charge is -2.21.